The van der Waals surface area contributed by atoms with Crippen LogP contribution in [-0.2, 0) is 6.54 Å². The Bertz CT molecular complexity index is 970. The Kier molecular flexibility index (Phi) is 5.65. The van der Waals surface area contributed by atoms with E-state index in [0.29, 0.717) is 12.2 Å². The van der Waals surface area contributed by atoms with Crippen LogP contribution in [0.5, 0.6) is 0 Å². The van der Waals surface area contributed by atoms with Crippen LogP contribution >= 0.6 is 0 Å². The summed E-state index contributed by atoms with van der Waals surface area (Å²) < 4.78 is 0. The van der Waals surface area contributed by atoms with Crippen LogP contribution in [-0.4, -0.2) is 47.0 Å². The Hall–Kier alpha value is -3.48. The number of anilines is 2. The maximum absolute atomic E-state index is 12.5. The molecule has 7 heteroatoms. The van der Waals surface area contributed by atoms with Gasteiger partial charge in [0.1, 0.15) is 23.7 Å². The summed E-state index contributed by atoms with van der Waals surface area (Å²) in [4.78, 5) is 29.9. The minimum atomic E-state index is -0.192. The predicted octanol–water partition coefficient (Wildman–Crippen LogP) is 2.44. The first-order chi connectivity index (χ1) is 14.2. The summed E-state index contributed by atoms with van der Waals surface area (Å²) in [6.45, 7) is 5.86. The topological polar surface area (TPSA) is 74.2 Å². The number of hydrogen-bond acceptors (Lipinski definition) is 6. The molecular formula is C22H24N6O. The lowest BCUT2D eigenvalue weighted by atomic mass is 10.1. The molecule has 1 aromatic carbocycles. The van der Waals surface area contributed by atoms with Gasteiger partial charge in [0, 0.05) is 45.0 Å². The minimum absolute atomic E-state index is 0.192. The van der Waals surface area contributed by atoms with E-state index in [1.54, 1.807) is 6.07 Å². The van der Waals surface area contributed by atoms with Crippen LogP contribution in [0.25, 0.3) is 0 Å². The summed E-state index contributed by atoms with van der Waals surface area (Å²) in [5.41, 5.74) is 2.62. The third kappa shape index (κ3) is 4.68. The monoisotopic (exact) mass is 388 g/mol. The summed E-state index contributed by atoms with van der Waals surface area (Å²) in [5, 5.41) is 2.94. The lowest BCUT2D eigenvalue weighted by Crippen LogP contribution is -2.47. The zero-order valence-corrected chi connectivity index (χ0v) is 16.5. The van der Waals surface area contributed by atoms with Gasteiger partial charge in [0.2, 0.25) is 0 Å². The molecule has 4 rings (SSSR count). The van der Waals surface area contributed by atoms with E-state index in [4.69, 9.17) is 0 Å². The molecule has 1 saturated heterocycles. The van der Waals surface area contributed by atoms with Crippen LogP contribution in [0.1, 0.15) is 21.6 Å². The molecule has 0 bridgehead atoms. The highest BCUT2D eigenvalue weighted by molar-refractivity contribution is 5.92. The van der Waals surface area contributed by atoms with Crippen LogP contribution in [0.3, 0.4) is 0 Å². The first-order valence-electron chi connectivity index (χ1n) is 9.76. The number of aromatic nitrogens is 3. The molecule has 1 aliphatic rings. The molecule has 0 aliphatic carbocycles. The van der Waals surface area contributed by atoms with Crippen molar-refractivity contribution in [2.24, 2.45) is 0 Å². The molecule has 0 atom stereocenters. The van der Waals surface area contributed by atoms with E-state index < -0.39 is 0 Å². The van der Waals surface area contributed by atoms with Crippen molar-refractivity contribution in [3.8, 4) is 0 Å². The highest BCUT2D eigenvalue weighted by Gasteiger charge is 2.20. The van der Waals surface area contributed by atoms with Gasteiger partial charge in [-0.2, -0.15) is 0 Å². The number of hydrogen-bond donors (Lipinski definition) is 1. The molecular weight excluding hydrogens is 364 g/mol. The molecule has 0 radical (unpaired) electrons. The molecule has 29 heavy (non-hydrogen) atoms. The van der Waals surface area contributed by atoms with E-state index in [0.717, 1.165) is 43.4 Å². The van der Waals surface area contributed by atoms with Gasteiger partial charge in [-0.05, 0) is 24.6 Å². The Morgan fingerprint density at radius 1 is 0.931 bits per heavy atom. The van der Waals surface area contributed by atoms with Gasteiger partial charge in [-0.1, -0.05) is 35.9 Å². The summed E-state index contributed by atoms with van der Waals surface area (Å²) >= 11 is 0. The number of carbonyl (C=O) groups excluding carboxylic acids is 1. The molecule has 0 unspecified atom stereocenters. The fraction of sp³-hybridized carbons (Fsp3) is 0.273. The van der Waals surface area contributed by atoms with Gasteiger partial charge < -0.3 is 15.1 Å². The second kappa shape index (κ2) is 8.68. The van der Waals surface area contributed by atoms with Crippen molar-refractivity contribution in [2.45, 2.75) is 13.5 Å². The van der Waals surface area contributed by atoms with Gasteiger partial charge in [0.05, 0.1) is 0 Å². The van der Waals surface area contributed by atoms with Crippen molar-refractivity contribution < 1.29 is 4.79 Å². The first kappa shape index (κ1) is 18.9. The van der Waals surface area contributed by atoms with E-state index in [9.17, 15) is 4.79 Å². The molecule has 0 saturated carbocycles. The smallest absolute Gasteiger partial charge is 0.270 e. The Labute approximate surface area is 170 Å². The lowest BCUT2D eigenvalue weighted by molar-refractivity contribution is 0.0945. The SMILES string of the molecule is Cc1cccc(CNC(=O)c2cc(N3CCN(c4ccccn4)CC3)ncn2)c1. The van der Waals surface area contributed by atoms with Crippen molar-refractivity contribution in [3.63, 3.8) is 0 Å². The average Bonchev–Trinajstić information content (AvgIpc) is 2.78. The van der Waals surface area contributed by atoms with Crippen molar-refractivity contribution in [1.29, 1.82) is 0 Å². The number of rotatable bonds is 5. The van der Waals surface area contributed by atoms with Crippen molar-refractivity contribution >= 4 is 17.5 Å². The average molecular weight is 388 g/mol. The number of nitrogens with one attached hydrogen (secondary N) is 1. The van der Waals surface area contributed by atoms with Gasteiger partial charge in [-0.25, -0.2) is 15.0 Å². The molecule has 0 spiro atoms. The van der Waals surface area contributed by atoms with Crippen LogP contribution < -0.4 is 15.1 Å². The summed E-state index contributed by atoms with van der Waals surface area (Å²) in [7, 11) is 0. The number of pyridine rings is 1. The summed E-state index contributed by atoms with van der Waals surface area (Å²) in [6, 6.07) is 15.8. The Balaban J connectivity index is 1.37. The Morgan fingerprint density at radius 2 is 1.72 bits per heavy atom. The van der Waals surface area contributed by atoms with Gasteiger partial charge in [-0.15, -0.1) is 0 Å². The molecule has 3 aromatic rings. The molecule has 1 aliphatic heterocycles. The van der Waals surface area contributed by atoms with Gasteiger partial charge in [-0.3, -0.25) is 4.79 Å². The second-order valence-corrected chi connectivity index (χ2v) is 7.10. The highest BCUT2D eigenvalue weighted by Crippen LogP contribution is 2.17. The van der Waals surface area contributed by atoms with E-state index in [1.165, 1.54) is 11.9 Å². The molecule has 7 nitrogen and oxygen atoms in total. The molecule has 1 amide bonds. The zero-order chi connectivity index (χ0) is 20.1. The third-order valence-electron chi connectivity index (χ3n) is 5.00. The first-order valence-corrected chi connectivity index (χ1v) is 9.76. The van der Waals surface area contributed by atoms with Crippen LogP contribution in [0, 0.1) is 6.92 Å². The lowest BCUT2D eigenvalue weighted by Gasteiger charge is -2.36. The van der Waals surface area contributed by atoms with E-state index in [1.807, 2.05) is 49.5 Å². The molecule has 3 heterocycles. The van der Waals surface area contributed by atoms with Crippen molar-refractivity contribution in [2.75, 3.05) is 36.0 Å². The normalized spacial score (nSPS) is 14.0. The number of aryl methyl sites for hydroxylation is 1. The number of carbonyl (C=O) groups is 1. The molecule has 1 fully saturated rings. The number of amides is 1. The van der Waals surface area contributed by atoms with Crippen molar-refractivity contribution in [3.05, 3.63) is 77.9 Å². The quantitative estimate of drug-likeness (QED) is 0.724. The van der Waals surface area contributed by atoms with E-state index >= 15 is 0 Å². The van der Waals surface area contributed by atoms with E-state index in [2.05, 4.69) is 36.1 Å². The fourth-order valence-electron chi connectivity index (χ4n) is 3.44. The molecule has 148 valence electrons. The second-order valence-electron chi connectivity index (χ2n) is 7.10. The Morgan fingerprint density at radius 3 is 2.45 bits per heavy atom. The standard InChI is InChI=1S/C22H24N6O/c1-17-5-4-6-18(13-17)15-24-22(29)19-14-21(26-16-25-19)28-11-9-27(10-12-28)20-7-2-3-8-23-20/h2-8,13-14,16H,9-12,15H2,1H3,(H,24,29). The van der Waals surface area contributed by atoms with Crippen LogP contribution in [0.2, 0.25) is 0 Å². The number of piperazine rings is 1. The van der Waals surface area contributed by atoms with E-state index in [-0.39, 0.29) is 5.91 Å². The maximum atomic E-state index is 12.5. The largest absolute Gasteiger partial charge is 0.353 e. The summed E-state index contributed by atoms with van der Waals surface area (Å²) in [5.74, 6) is 1.58. The summed E-state index contributed by atoms with van der Waals surface area (Å²) in [6.07, 6.45) is 3.27. The highest BCUT2D eigenvalue weighted by atomic mass is 16.1. The predicted molar refractivity (Wildman–Crippen MR) is 113 cm³/mol. The van der Waals surface area contributed by atoms with Gasteiger partial charge >= 0.3 is 0 Å². The molecule has 2 aromatic heterocycles. The van der Waals surface area contributed by atoms with Gasteiger partial charge in [0.15, 0.2) is 0 Å². The third-order valence-corrected chi connectivity index (χ3v) is 5.00. The van der Waals surface area contributed by atoms with Gasteiger partial charge in [0.25, 0.3) is 5.91 Å². The molecule has 1 N–H and O–H groups in total. The van der Waals surface area contributed by atoms with Crippen LogP contribution in [0.15, 0.2) is 61.1 Å². The zero-order valence-electron chi connectivity index (χ0n) is 16.5. The van der Waals surface area contributed by atoms with Crippen molar-refractivity contribution in [1.82, 2.24) is 20.3 Å². The number of nitrogens with zero attached hydrogens (tertiary/aromatic N) is 5. The minimum Gasteiger partial charge on any atom is -0.353 e. The maximum Gasteiger partial charge on any atom is 0.270 e. The number of benzene rings is 1. The fourth-order valence-corrected chi connectivity index (χ4v) is 3.44. The van der Waals surface area contributed by atoms with Crippen LogP contribution in [0.4, 0.5) is 11.6 Å².